The fourth-order valence-electron chi connectivity index (χ4n) is 5.07. The zero-order valence-corrected chi connectivity index (χ0v) is 21.4. The van der Waals surface area contributed by atoms with Crippen LogP contribution in [-0.4, -0.2) is 54.8 Å². The van der Waals surface area contributed by atoms with Crippen LogP contribution in [-0.2, 0) is 18.3 Å². The molecule has 0 spiro atoms. The lowest BCUT2D eigenvalue weighted by molar-refractivity contribution is -0.0703. The van der Waals surface area contributed by atoms with Gasteiger partial charge in [0.05, 0.1) is 17.9 Å². The monoisotopic (exact) mass is 475 g/mol. The number of rotatable bonds is 6. The summed E-state index contributed by atoms with van der Waals surface area (Å²) in [6.45, 7) is 11.4. The zero-order chi connectivity index (χ0) is 23.8. The molecule has 0 aliphatic carbocycles. The van der Waals surface area contributed by atoms with Crippen LogP contribution in [0.25, 0.3) is 28.1 Å². The summed E-state index contributed by atoms with van der Waals surface area (Å²) in [7, 11) is 2.14. The van der Waals surface area contributed by atoms with Gasteiger partial charge in [0.25, 0.3) is 0 Å². The van der Waals surface area contributed by atoms with Crippen molar-refractivity contribution < 1.29 is 4.74 Å². The Bertz CT molecular complexity index is 1270. The van der Waals surface area contributed by atoms with E-state index in [4.69, 9.17) is 9.84 Å². The fraction of sp³-hybridized carbons (Fsp3) is 0.407. The molecule has 0 N–H and O–H groups in total. The standard InChI is InChI=1S/C27H33N5OS/c1-18(2)34-27-29-28-26(32(27)21-11-7-6-8-12-21)25-23(17-31-15-19(3)33-20(4)16-31)22-13-9-10-14-24(22)30(25)5/h6-14,18-20H,15-17H2,1-5H3. The number of morpholine rings is 1. The number of benzene rings is 2. The molecule has 1 fully saturated rings. The highest BCUT2D eigenvalue weighted by Crippen LogP contribution is 2.37. The smallest absolute Gasteiger partial charge is 0.196 e. The summed E-state index contributed by atoms with van der Waals surface area (Å²) in [6, 6.07) is 19.1. The van der Waals surface area contributed by atoms with E-state index in [1.54, 1.807) is 11.8 Å². The van der Waals surface area contributed by atoms with Gasteiger partial charge in [-0.15, -0.1) is 10.2 Å². The summed E-state index contributed by atoms with van der Waals surface area (Å²) < 4.78 is 10.5. The first-order chi connectivity index (χ1) is 16.4. The molecule has 0 radical (unpaired) electrons. The second kappa shape index (κ2) is 9.56. The van der Waals surface area contributed by atoms with Crippen LogP contribution < -0.4 is 0 Å². The van der Waals surface area contributed by atoms with Crippen molar-refractivity contribution in [3.05, 3.63) is 60.2 Å². The van der Waals surface area contributed by atoms with Gasteiger partial charge < -0.3 is 9.30 Å². The second-order valence-electron chi connectivity index (χ2n) is 9.50. The number of para-hydroxylation sites is 2. The van der Waals surface area contributed by atoms with E-state index in [2.05, 4.69) is 102 Å². The van der Waals surface area contributed by atoms with Crippen LogP contribution in [0, 0.1) is 0 Å². The Morgan fingerprint density at radius 1 is 0.971 bits per heavy atom. The Hall–Kier alpha value is -2.61. The van der Waals surface area contributed by atoms with E-state index >= 15 is 0 Å². The van der Waals surface area contributed by atoms with E-state index in [1.165, 1.54) is 16.5 Å². The quantitative estimate of drug-likeness (QED) is 0.343. The van der Waals surface area contributed by atoms with Crippen molar-refractivity contribution in [1.82, 2.24) is 24.2 Å². The third-order valence-electron chi connectivity index (χ3n) is 6.29. The van der Waals surface area contributed by atoms with Crippen molar-refractivity contribution in [2.24, 2.45) is 7.05 Å². The predicted octanol–water partition coefficient (Wildman–Crippen LogP) is 5.54. The number of ether oxygens (including phenoxy) is 1. The summed E-state index contributed by atoms with van der Waals surface area (Å²) >= 11 is 1.74. The normalized spacial score (nSPS) is 19.4. The molecule has 2 aromatic heterocycles. The van der Waals surface area contributed by atoms with Gasteiger partial charge in [-0.1, -0.05) is 62.0 Å². The number of aryl methyl sites for hydroxylation is 1. The number of hydrogen-bond donors (Lipinski definition) is 0. The molecule has 5 rings (SSSR count). The molecule has 2 atom stereocenters. The molecule has 6 nitrogen and oxygen atoms in total. The molecule has 1 aliphatic heterocycles. The van der Waals surface area contributed by atoms with Gasteiger partial charge in [-0.25, -0.2) is 0 Å². The molecule has 1 aliphatic rings. The average molecular weight is 476 g/mol. The second-order valence-corrected chi connectivity index (χ2v) is 11.0. The Labute approximate surface area is 205 Å². The van der Waals surface area contributed by atoms with E-state index in [-0.39, 0.29) is 12.2 Å². The highest BCUT2D eigenvalue weighted by molar-refractivity contribution is 7.99. The number of fused-ring (bicyclic) bond motifs is 1. The van der Waals surface area contributed by atoms with Crippen LogP contribution >= 0.6 is 11.8 Å². The van der Waals surface area contributed by atoms with Crippen molar-refractivity contribution in [2.45, 2.75) is 56.9 Å². The number of hydrogen-bond acceptors (Lipinski definition) is 5. The summed E-state index contributed by atoms with van der Waals surface area (Å²) in [6.07, 6.45) is 0.452. The average Bonchev–Trinajstić information content (AvgIpc) is 3.32. The highest BCUT2D eigenvalue weighted by atomic mass is 32.2. The SMILES string of the molecule is CC1CN(Cc2c(-c3nnc(SC(C)C)n3-c3ccccc3)n(C)c3ccccc23)CC(C)O1. The van der Waals surface area contributed by atoms with Crippen molar-refractivity contribution in [1.29, 1.82) is 0 Å². The molecule has 7 heteroatoms. The van der Waals surface area contributed by atoms with Crippen molar-refractivity contribution in [3.63, 3.8) is 0 Å². The Kier molecular flexibility index (Phi) is 6.51. The molecule has 4 aromatic rings. The first-order valence-electron chi connectivity index (χ1n) is 12.0. The van der Waals surface area contributed by atoms with E-state index in [9.17, 15) is 0 Å². The van der Waals surface area contributed by atoms with E-state index in [1.807, 2.05) is 6.07 Å². The summed E-state index contributed by atoms with van der Waals surface area (Å²) in [5.41, 5.74) is 4.71. The zero-order valence-electron chi connectivity index (χ0n) is 20.6. The van der Waals surface area contributed by atoms with Gasteiger partial charge in [0.2, 0.25) is 0 Å². The summed E-state index contributed by atoms with van der Waals surface area (Å²) in [4.78, 5) is 2.51. The minimum atomic E-state index is 0.226. The Morgan fingerprint density at radius 3 is 2.35 bits per heavy atom. The lowest BCUT2D eigenvalue weighted by atomic mass is 10.1. The Morgan fingerprint density at radius 2 is 1.65 bits per heavy atom. The van der Waals surface area contributed by atoms with E-state index < -0.39 is 0 Å². The van der Waals surface area contributed by atoms with Gasteiger partial charge in [-0.3, -0.25) is 9.47 Å². The topological polar surface area (TPSA) is 48.1 Å². The van der Waals surface area contributed by atoms with Gasteiger partial charge in [-0.05, 0) is 32.0 Å². The third-order valence-corrected chi connectivity index (χ3v) is 7.24. The van der Waals surface area contributed by atoms with Crippen LogP contribution in [0.4, 0.5) is 0 Å². The number of nitrogens with zero attached hydrogens (tertiary/aromatic N) is 5. The van der Waals surface area contributed by atoms with Gasteiger partial charge in [0.1, 0.15) is 0 Å². The molecule has 0 amide bonds. The van der Waals surface area contributed by atoms with Gasteiger partial charge >= 0.3 is 0 Å². The molecule has 1 saturated heterocycles. The largest absolute Gasteiger partial charge is 0.373 e. The molecule has 0 bridgehead atoms. The number of thioether (sulfide) groups is 1. The predicted molar refractivity (Wildman–Crippen MR) is 140 cm³/mol. The van der Waals surface area contributed by atoms with Gasteiger partial charge in [0, 0.05) is 54.1 Å². The highest BCUT2D eigenvalue weighted by Gasteiger charge is 2.28. The first kappa shape index (κ1) is 23.1. The van der Waals surface area contributed by atoms with Crippen molar-refractivity contribution >= 4 is 22.7 Å². The van der Waals surface area contributed by atoms with Crippen LogP contribution in [0.15, 0.2) is 59.8 Å². The molecule has 0 saturated carbocycles. The van der Waals surface area contributed by atoms with Crippen LogP contribution in [0.2, 0.25) is 0 Å². The van der Waals surface area contributed by atoms with Crippen molar-refractivity contribution in [2.75, 3.05) is 13.1 Å². The van der Waals surface area contributed by atoms with Gasteiger partial charge in [0.15, 0.2) is 11.0 Å². The van der Waals surface area contributed by atoms with E-state index in [0.29, 0.717) is 5.25 Å². The molecule has 2 unspecified atom stereocenters. The minimum absolute atomic E-state index is 0.226. The van der Waals surface area contributed by atoms with Crippen LogP contribution in [0.3, 0.4) is 0 Å². The summed E-state index contributed by atoms with van der Waals surface area (Å²) in [5.74, 6) is 0.886. The lowest BCUT2D eigenvalue weighted by Gasteiger charge is -2.35. The van der Waals surface area contributed by atoms with E-state index in [0.717, 1.165) is 42.0 Å². The maximum atomic E-state index is 6.00. The van der Waals surface area contributed by atoms with Crippen LogP contribution in [0.5, 0.6) is 0 Å². The maximum absolute atomic E-state index is 6.00. The maximum Gasteiger partial charge on any atom is 0.196 e. The Balaban J connectivity index is 1.70. The lowest BCUT2D eigenvalue weighted by Crippen LogP contribution is -2.44. The molecule has 2 aromatic carbocycles. The molecular formula is C27H33N5OS. The molecule has 178 valence electrons. The van der Waals surface area contributed by atoms with Crippen molar-refractivity contribution in [3.8, 4) is 17.2 Å². The minimum Gasteiger partial charge on any atom is -0.373 e. The third kappa shape index (κ3) is 4.40. The summed E-state index contributed by atoms with van der Waals surface area (Å²) in [5, 5.41) is 12.0. The fourth-order valence-corrected chi connectivity index (χ4v) is 5.88. The first-order valence-corrected chi connectivity index (χ1v) is 12.9. The molecular weight excluding hydrogens is 442 g/mol. The molecule has 34 heavy (non-hydrogen) atoms. The number of aromatic nitrogens is 4. The van der Waals surface area contributed by atoms with Gasteiger partial charge in [-0.2, -0.15) is 0 Å². The molecule has 3 heterocycles. The van der Waals surface area contributed by atoms with Crippen LogP contribution in [0.1, 0.15) is 33.3 Å².